The van der Waals surface area contributed by atoms with Crippen molar-refractivity contribution in [3.05, 3.63) is 64.7 Å². The summed E-state index contributed by atoms with van der Waals surface area (Å²) in [7, 11) is 0. The highest BCUT2D eigenvalue weighted by Gasteiger charge is 2.37. The number of carbonyl (C=O) groups is 3. The summed E-state index contributed by atoms with van der Waals surface area (Å²) in [5.41, 5.74) is 1.87. The minimum atomic E-state index is -0.380. The molecule has 0 fully saturated rings. The molecule has 0 aliphatic carbocycles. The minimum Gasteiger partial charge on any atom is -0.347 e. The summed E-state index contributed by atoms with van der Waals surface area (Å²) in [6.45, 7) is 7.44. The summed E-state index contributed by atoms with van der Waals surface area (Å²) in [4.78, 5) is 39.0. The quantitative estimate of drug-likeness (QED) is 0.856. The van der Waals surface area contributed by atoms with Crippen LogP contribution in [0.4, 0.5) is 5.69 Å². The number of carbonyl (C=O) groups excluding carboxylic acids is 3. The summed E-state index contributed by atoms with van der Waals surface area (Å²) >= 11 is 0. The van der Waals surface area contributed by atoms with Crippen molar-refractivity contribution < 1.29 is 14.4 Å². The first-order valence-electron chi connectivity index (χ1n) is 8.10. The maximum Gasteiger partial charge on any atom is 0.266 e. The van der Waals surface area contributed by atoms with Gasteiger partial charge >= 0.3 is 0 Å². The molecule has 1 heterocycles. The molecule has 3 amide bonds. The molecule has 5 heteroatoms. The summed E-state index contributed by atoms with van der Waals surface area (Å²) < 4.78 is 0. The van der Waals surface area contributed by atoms with Gasteiger partial charge in [0.05, 0.1) is 16.8 Å². The van der Waals surface area contributed by atoms with E-state index in [-0.39, 0.29) is 23.3 Å². The van der Waals surface area contributed by atoms with Gasteiger partial charge in [0.25, 0.3) is 17.7 Å². The second-order valence-corrected chi connectivity index (χ2v) is 7.15. The molecule has 5 nitrogen and oxygen atoms in total. The number of nitrogens with zero attached hydrogens (tertiary/aromatic N) is 1. The molecular formula is C20H20N2O3. The molecule has 2 aromatic carbocycles. The Morgan fingerprint density at radius 3 is 2.00 bits per heavy atom. The Hall–Kier alpha value is -2.95. The Morgan fingerprint density at radius 1 is 0.920 bits per heavy atom. The van der Waals surface area contributed by atoms with E-state index >= 15 is 0 Å². The normalized spacial score (nSPS) is 13.8. The van der Waals surface area contributed by atoms with E-state index in [4.69, 9.17) is 0 Å². The molecule has 0 aromatic heterocycles. The van der Waals surface area contributed by atoms with Gasteiger partial charge in [-0.2, -0.15) is 0 Å². The summed E-state index contributed by atoms with van der Waals surface area (Å²) in [6, 6.07) is 11.8. The number of amides is 3. The van der Waals surface area contributed by atoms with Gasteiger partial charge in [-0.1, -0.05) is 18.2 Å². The van der Waals surface area contributed by atoms with Crippen molar-refractivity contribution in [1.29, 1.82) is 0 Å². The number of imide groups is 1. The van der Waals surface area contributed by atoms with Crippen LogP contribution < -0.4 is 10.2 Å². The first kappa shape index (κ1) is 16.9. The van der Waals surface area contributed by atoms with Crippen molar-refractivity contribution in [3.8, 4) is 0 Å². The average Bonchev–Trinajstić information content (AvgIpc) is 2.78. The smallest absolute Gasteiger partial charge is 0.266 e. The van der Waals surface area contributed by atoms with Crippen molar-refractivity contribution in [3.63, 3.8) is 0 Å². The number of fused-ring (bicyclic) bond motifs is 1. The highest BCUT2D eigenvalue weighted by atomic mass is 16.2. The number of nitrogens with one attached hydrogen (secondary N) is 1. The molecule has 128 valence electrons. The fourth-order valence-electron chi connectivity index (χ4n) is 2.93. The lowest BCUT2D eigenvalue weighted by Gasteiger charge is -2.23. The maximum absolute atomic E-state index is 12.7. The van der Waals surface area contributed by atoms with Crippen LogP contribution in [-0.2, 0) is 0 Å². The maximum atomic E-state index is 12.7. The fourth-order valence-corrected chi connectivity index (χ4v) is 2.93. The van der Waals surface area contributed by atoms with Crippen molar-refractivity contribution in [2.75, 3.05) is 4.90 Å². The predicted molar refractivity (Wildman–Crippen MR) is 96.0 cm³/mol. The van der Waals surface area contributed by atoms with Gasteiger partial charge in [-0.05, 0) is 57.5 Å². The fraction of sp³-hybridized carbons (Fsp3) is 0.250. The molecule has 1 aliphatic rings. The lowest BCUT2D eigenvalue weighted by atomic mass is 10.0. The van der Waals surface area contributed by atoms with Crippen LogP contribution in [0.3, 0.4) is 0 Å². The number of rotatable bonds is 2. The van der Waals surface area contributed by atoms with Gasteiger partial charge in [0, 0.05) is 11.1 Å². The molecule has 25 heavy (non-hydrogen) atoms. The third kappa shape index (κ3) is 2.93. The molecule has 0 bridgehead atoms. The van der Waals surface area contributed by atoms with E-state index in [0.29, 0.717) is 27.9 Å². The lowest BCUT2D eigenvalue weighted by Crippen LogP contribution is -2.41. The van der Waals surface area contributed by atoms with Gasteiger partial charge in [0.15, 0.2) is 0 Å². The zero-order chi connectivity index (χ0) is 18.4. The van der Waals surface area contributed by atoms with Crippen LogP contribution in [0, 0.1) is 6.92 Å². The van der Waals surface area contributed by atoms with E-state index in [1.165, 1.54) is 0 Å². The molecule has 0 atom stereocenters. The summed E-state index contributed by atoms with van der Waals surface area (Å²) in [6.07, 6.45) is 0. The molecule has 0 spiro atoms. The van der Waals surface area contributed by atoms with Crippen LogP contribution in [0.15, 0.2) is 42.5 Å². The highest BCUT2D eigenvalue weighted by Crippen LogP contribution is 2.31. The van der Waals surface area contributed by atoms with E-state index in [1.54, 1.807) is 49.4 Å². The molecule has 2 aromatic rings. The molecule has 1 aliphatic heterocycles. The predicted octanol–water partition coefficient (Wildman–Crippen LogP) is 3.32. The van der Waals surface area contributed by atoms with E-state index in [1.807, 2.05) is 20.8 Å². The van der Waals surface area contributed by atoms with Crippen LogP contribution in [0.25, 0.3) is 0 Å². The lowest BCUT2D eigenvalue weighted by molar-refractivity contribution is 0.0905. The molecule has 0 unspecified atom stereocenters. The van der Waals surface area contributed by atoms with Crippen LogP contribution in [0.1, 0.15) is 57.4 Å². The van der Waals surface area contributed by atoms with E-state index in [0.717, 1.165) is 4.90 Å². The number of benzene rings is 2. The Morgan fingerprint density at radius 2 is 1.48 bits per heavy atom. The molecular weight excluding hydrogens is 316 g/mol. The van der Waals surface area contributed by atoms with Gasteiger partial charge in [0.2, 0.25) is 0 Å². The van der Waals surface area contributed by atoms with Crippen molar-refractivity contribution >= 4 is 23.4 Å². The Labute approximate surface area is 146 Å². The molecule has 1 N–H and O–H groups in total. The van der Waals surface area contributed by atoms with Gasteiger partial charge in [-0.15, -0.1) is 0 Å². The number of hydrogen-bond acceptors (Lipinski definition) is 3. The first-order chi connectivity index (χ1) is 11.7. The second kappa shape index (κ2) is 5.84. The minimum absolute atomic E-state index is 0.233. The topological polar surface area (TPSA) is 66.5 Å². The largest absolute Gasteiger partial charge is 0.347 e. The van der Waals surface area contributed by atoms with Crippen molar-refractivity contribution in [2.45, 2.75) is 33.2 Å². The highest BCUT2D eigenvalue weighted by molar-refractivity contribution is 6.34. The zero-order valence-electron chi connectivity index (χ0n) is 14.7. The summed E-state index contributed by atoms with van der Waals surface area (Å²) in [5.74, 6) is -0.961. The third-order valence-electron chi connectivity index (χ3n) is 4.07. The van der Waals surface area contributed by atoms with Crippen LogP contribution in [0.2, 0.25) is 0 Å². The standard InChI is InChI=1S/C20H20N2O3/c1-12-13(17(23)21-20(2,3)4)10-7-11-16(12)22-18(24)14-8-5-6-9-15(14)19(22)25/h5-11H,1-4H3,(H,21,23). The van der Waals surface area contributed by atoms with Crippen LogP contribution in [-0.4, -0.2) is 23.3 Å². The Balaban J connectivity index is 2.03. The molecule has 0 saturated heterocycles. The van der Waals surface area contributed by atoms with Gasteiger partial charge in [0.1, 0.15) is 0 Å². The summed E-state index contributed by atoms with van der Waals surface area (Å²) in [5, 5.41) is 2.91. The zero-order valence-corrected chi connectivity index (χ0v) is 14.7. The number of anilines is 1. The second-order valence-electron chi connectivity index (χ2n) is 7.15. The molecule has 0 saturated carbocycles. The van der Waals surface area contributed by atoms with Crippen molar-refractivity contribution in [1.82, 2.24) is 5.32 Å². The molecule has 0 radical (unpaired) electrons. The Bertz CT molecular complexity index is 859. The first-order valence-corrected chi connectivity index (χ1v) is 8.10. The van der Waals surface area contributed by atoms with Gasteiger partial charge in [-0.25, -0.2) is 4.90 Å². The monoisotopic (exact) mass is 336 g/mol. The van der Waals surface area contributed by atoms with Crippen LogP contribution >= 0.6 is 0 Å². The van der Waals surface area contributed by atoms with Gasteiger partial charge < -0.3 is 5.32 Å². The SMILES string of the molecule is Cc1c(C(=O)NC(C)(C)C)cccc1N1C(=O)c2ccccc2C1=O. The van der Waals surface area contributed by atoms with Crippen LogP contribution in [0.5, 0.6) is 0 Å². The van der Waals surface area contributed by atoms with E-state index < -0.39 is 0 Å². The van der Waals surface area contributed by atoms with Gasteiger partial charge in [-0.3, -0.25) is 14.4 Å². The van der Waals surface area contributed by atoms with Crippen molar-refractivity contribution in [2.24, 2.45) is 0 Å². The Kier molecular flexibility index (Phi) is 3.95. The van der Waals surface area contributed by atoms with E-state index in [2.05, 4.69) is 5.32 Å². The number of hydrogen-bond donors (Lipinski definition) is 1. The molecule has 3 rings (SSSR count). The third-order valence-corrected chi connectivity index (χ3v) is 4.07. The van der Waals surface area contributed by atoms with E-state index in [9.17, 15) is 14.4 Å². The average molecular weight is 336 g/mol.